The third kappa shape index (κ3) is 4.23. The number of amides is 1. The minimum absolute atomic E-state index is 0.208. The third-order valence-electron chi connectivity index (χ3n) is 4.07. The quantitative estimate of drug-likeness (QED) is 0.669. The molecule has 1 N–H and O–H groups in total. The molecule has 1 amide bonds. The van der Waals surface area contributed by atoms with Crippen molar-refractivity contribution >= 4 is 11.6 Å². The highest BCUT2D eigenvalue weighted by atomic mass is 16.5. The molecule has 0 aliphatic heterocycles. The number of methoxy groups -OCH3 is 2. The lowest BCUT2D eigenvalue weighted by Gasteiger charge is -2.13. The zero-order valence-electron chi connectivity index (χ0n) is 15.4. The molecular formula is C21H21NO5. The zero-order valence-corrected chi connectivity index (χ0v) is 15.4. The van der Waals surface area contributed by atoms with Crippen LogP contribution >= 0.6 is 0 Å². The summed E-state index contributed by atoms with van der Waals surface area (Å²) < 4.78 is 21.7. The fraction of sp³-hybridized carbons (Fsp3) is 0.190. The van der Waals surface area contributed by atoms with Crippen LogP contribution < -0.4 is 19.5 Å². The first-order chi connectivity index (χ1) is 13.1. The van der Waals surface area contributed by atoms with Gasteiger partial charge in [0.15, 0.2) is 17.3 Å². The van der Waals surface area contributed by atoms with E-state index < -0.39 is 0 Å². The van der Waals surface area contributed by atoms with Crippen LogP contribution in [0.4, 0.5) is 5.69 Å². The highest BCUT2D eigenvalue weighted by Gasteiger charge is 2.18. The molecule has 0 spiro atoms. The number of furan rings is 1. The number of para-hydroxylation sites is 1. The lowest BCUT2D eigenvalue weighted by atomic mass is 10.1. The Morgan fingerprint density at radius 2 is 1.74 bits per heavy atom. The lowest BCUT2D eigenvalue weighted by molar-refractivity contribution is 0.0993. The van der Waals surface area contributed by atoms with Gasteiger partial charge in [0.1, 0.15) is 12.4 Å². The predicted molar refractivity (Wildman–Crippen MR) is 102 cm³/mol. The van der Waals surface area contributed by atoms with Gasteiger partial charge < -0.3 is 23.9 Å². The van der Waals surface area contributed by atoms with E-state index >= 15 is 0 Å². The van der Waals surface area contributed by atoms with Gasteiger partial charge in [-0.2, -0.15) is 0 Å². The van der Waals surface area contributed by atoms with E-state index in [2.05, 4.69) is 5.32 Å². The Hall–Kier alpha value is -3.41. The smallest absolute Gasteiger partial charge is 0.291 e. The van der Waals surface area contributed by atoms with Crippen LogP contribution in [-0.2, 0) is 6.61 Å². The summed E-state index contributed by atoms with van der Waals surface area (Å²) in [5.41, 5.74) is 2.12. The standard InChI is InChI=1S/C21H21NO5/c1-14-11-18(24-2)19(25-3)12-17(14)22-21(23)20-15(9-10-26-20)13-27-16-7-5-4-6-8-16/h4-12H,13H2,1-3H3,(H,22,23). The van der Waals surface area contributed by atoms with Crippen LogP contribution in [0.15, 0.2) is 59.2 Å². The van der Waals surface area contributed by atoms with Crippen LogP contribution in [0.3, 0.4) is 0 Å². The van der Waals surface area contributed by atoms with Gasteiger partial charge in [-0.3, -0.25) is 4.79 Å². The average molecular weight is 367 g/mol. The number of hydrogen-bond donors (Lipinski definition) is 1. The van der Waals surface area contributed by atoms with Crippen LogP contribution in [0, 0.1) is 6.92 Å². The summed E-state index contributed by atoms with van der Waals surface area (Å²) in [5, 5.41) is 2.85. The van der Waals surface area contributed by atoms with Crippen LogP contribution in [0.2, 0.25) is 0 Å². The number of aryl methyl sites for hydroxylation is 1. The maximum Gasteiger partial charge on any atom is 0.291 e. The SMILES string of the molecule is COc1cc(C)c(NC(=O)c2occc2COc2ccccc2)cc1OC. The number of benzene rings is 2. The maximum absolute atomic E-state index is 12.7. The zero-order chi connectivity index (χ0) is 19.2. The van der Waals surface area contributed by atoms with E-state index in [0.29, 0.717) is 22.7 Å². The van der Waals surface area contributed by atoms with Crippen molar-refractivity contribution in [3.05, 3.63) is 71.7 Å². The molecule has 6 heteroatoms. The second kappa shape index (κ2) is 8.31. The number of ether oxygens (including phenoxy) is 3. The third-order valence-corrected chi connectivity index (χ3v) is 4.07. The normalized spacial score (nSPS) is 10.3. The molecule has 0 unspecified atom stereocenters. The largest absolute Gasteiger partial charge is 0.493 e. The first kappa shape index (κ1) is 18.4. The molecule has 3 aromatic rings. The average Bonchev–Trinajstić information content (AvgIpc) is 3.17. The molecule has 0 saturated heterocycles. The first-order valence-electron chi connectivity index (χ1n) is 8.40. The molecular weight excluding hydrogens is 346 g/mol. The van der Waals surface area contributed by atoms with Crippen LogP contribution in [0.25, 0.3) is 0 Å². The van der Waals surface area contributed by atoms with Crippen LogP contribution in [0.5, 0.6) is 17.2 Å². The molecule has 1 aromatic heterocycles. The van der Waals surface area contributed by atoms with E-state index in [-0.39, 0.29) is 18.3 Å². The molecule has 0 aliphatic carbocycles. The Morgan fingerprint density at radius 1 is 1.04 bits per heavy atom. The Bertz CT molecular complexity index is 918. The van der Waals surface area contributed by atoms with E-state index in [0.717, 1.165) is 11.3 Å². The van der Waals surface area contributed by atoms with Gasteiger partial charge >= 0.3 is 0 Å². The fourth-order valence-corrected chi connectivity index (χ4v) is 2.62. The molecule has 1 heterocycles. The van der Waals surface area contributed by atoms with Crippen molar-refractivity contribution < 1.29 is 23.4 Å². The summed E-state index contributed by atoms with van der Waals surface area (Å²) in [5.74, 6) is 1.70. The van der Waals surface area contributed by atoms with Crippen molar-refractivity contribution in [1.82, 2.24) is 0 Å². The summed E-state index contributed by atoms with van der Waals surface area (Å²) in [6, 6.07) is 14.6. The van der Waals surface area contributed by atoms with E-state index in [9.17, 15) is 4.79 Å². The van der Waals surface area contributed by atoms with E-state index in [4.69, 9.17) is 18.6 Å². The Labute approximate surface area is 157 Å². The number of carbonyl (C=O) groups excluding carboxylic acids is 1. The second-order valence-electron chi connectivity index (χ2n) is 5.85. The molecule has 0 saturated carbocycles. The van der Waals surface area contributed by atoms with Crippen LogP contribution in [-0.4, -0.2) is 20.1 Å². The number of hydrogen-bond acceptors (Lipinski definition) is 5. The van der Waals surface area contributed by atoms with Crippen molar-refractivity contribution in [1.29, 1.82) is 0 Å². The Balaban J connectivity index is 1.75. The lowest BCUT2D eigenvalue weighted by Crippen LogP contribution is -2.14. The van der Waals surface area contributed by atoms with Gasteiger partial charge in [0, 0.05) is 17.3 Å². The molecule has 0 radical (unpaired) electrons. The van der Waals surface area contributed by atoms with Crippen LogP contribution in [0.1, 0.15) is 21.7 Å². The van der Waals surface area contributed by atoms with E-state index in [1.807, 2.05) is 37.3 Å². The number of anilines is 1. The topological polar surface area (TPSA) is 69.9 Å². The van der Waals surface area contributed by atoms with Gasteiger partial charge in [-0.15, -0.1) is 0 Å². The van der Waals surface area contributed by atoms with E-state index in [1.54, 1.807) is 32.4 Å². The molecule has 6 nitrogen and oxygen atoms in total. The number of nitrogens with one attached hydrogen (secondary N) is 1. The monoisotopic (exact) mass is 367 g/mol. The van der Waals surface area contributed by atoms with Gasteiger partial charge in [0.05, 0.1) is 20.5 Å². The van der Waals surface area contributed by atoms with Gasteiger partial charge in [0.2, 0.25) is 0 Å². The Kier molecular flexibility index (Phi) is 5.66. The molecule has 27 heavy (non-hydrogen) atoms. The molecule has 0 atom stereocenters. The van der Waals surface area contributed by atoms with Gasteiger partial charge in [0.25, 0.3) is 5.91 Å². The molecule has 0 bridgehead atoms. The van der Waals surface area contributed by atoms with Gasteiger partial charge in [-0.25, -0.2) is 0 Å². The predicted octanol–water partition coefficient (Wildman–Crippen LogP) is 4.44. The molecule has 0 fully saturated rings. The molecule has 0 aliphatic rings. The highest BCUT2D eigenvalue weighted by Crippen LogP contribution is 2.33. The first-order valence-corrected chi connectivity index (χ1v) is 8.40. The van der Waals surface area contributed by atoms with Gasteiger partial charge in [-0.05, 0) is 36.8 Å². The van der Waals surface area contributed by atoms with Crippen molar-refractivity contribution in [2.75, 3.05) is 19.5 Å². The summed E-state index contributed by atoms with van der Waals surface area (Å²) in [6.07, 6.45) is 1.47. The fourth-order valence-electron chi connectivity index (χ4n) is 2.62. The summed E-state index contributed by atoms with van der Waals surface area (Å²) in [4.78, 5) is 12.7. The minimum atomic E-state index is -0.359. The van der Waals surface area contributed by atoms with E-state index in [1.165, 1.54) is 6.26 Å². The van der Waals surface area contributed by atoms with Crippen molar-refractivity contribution in [2.45, 2.75) is 13.5 Å². The molecule has 2 aromatic carbocycles. The summed E-state index contributed by atoms with van der Waals surface area (Å²) in [7, 11) is 3.11. The Morgan fingerprint density at radius 3 is 2.44 bits per heavy atom. The number of carbonyl (C=O) groups is 1. The summed E-state index contributed by atoms with van der Waals surface area (Å²) in [6.45, 7) is 2.10. The minimum Gasteiger partial charge on any atom is -0.493 e. The van der Waals surface area contributed by atoms with Crippen molar-refractivity contribution in [3.8, 4) is 17.2 Å². The summed E-state index contributed by atoms with van der Waals surface area (Å²) >= 11 is 0. The van der Waals surface area contributed by atoms with Crippen molar-refractivity contribution in [3.63, 3.8) is 0 Å². The van der Waals surface area contributed by atoms with Crippen molar-refractivity contribution in [2.24, 2.45) is 0 Å². The maximum atomic E-state index is 12.7. The molecule has 3 rings (SSSR count). The number of rotatable bonds is 7. The molecule has 140 valence electrons. The highest BCUT2D eigenvalue weighted by molar-refractivity contribution is 6.03. The van der Waals surface area contributed by atoms with Gasteiger partial charge in [-0.1, -0.05) is 18.2 Å². The second-order valence-corrected chi connectivity index (χ2v) is 5.85.